The van der Waals surface area contributed by atoms with Gasteiger partial charge in [-0.1, -0.05) is 0 Å². The molecule has 0 saturated carbocycles. The number of hydrogen-bond acceptors (Lipinski definition) is 6. The normalized spacial score (nSPS) is 12.2. The number of nitrogens with two attached hydrogens (primary N) is 1. The van der Waals surface area contributed by atoms with Gasteiger partial charge in [-0.25, -0.2) is 13.4 Å². The Balaban J connectivity index is 2.19. The Morgan fingerprint density at radius 1 is 1.50 bits per heavy atom. The molecule has 0 fully saturated rings. The lowest BCUT2D eigenvalue weighted by Crippen LogP contribution is -2.26. The van der Waals surface area contributed by atoms with Gasteiger partial charge in [0.1, 0.15) is 5.76 Å². The van der Waals surface area contributed by atoms with E-state index in [-0.39, 0.29) is 18.2 Å². The molecule has 8 heteroatoms. The molecule has 0 unspecified atom stereocenters. The average Bonchev–Trinajstić information content (AvgIpc) is 2.99. The third-order valence-corrected chi connectivity index (χ3v) is 4.68. The van der Waals surface area contributed by atoms with Crippen molar-refractivity contribution in [2.75, 3.05) is 7.05 Å². The Kier molecular flexibility index (Phi) is 3.81. The first kappa shape index (κ1) is 13.2. The van der Waals surface area contributed by atoms with Gasteiger partial charge in [0, 0.05) is 12.4 Å². The molecule has 2 N–H and O–H groups in total. The maximum absolute atomic E-state index is 12.2. The SMILES string of the molecule is CN(Cc1cscn1)S(=O)(=O)c1ccc(CN)o1. The first-order valence-electron chi connectivity index (χ1n) is 5.16. The van der Waals surface area contributed by atoms with E-state index in [9.17, 15) is 8.42 Å². The van der Waals surface area contributed by atoms with Gasteiger partial charge in [0.2, 0.25) is 5.09 Å². The lowest BCUT2D eigenvalue weighted by Gasteiger charge is -2.13. The molecule has 0 aliphatic carbocycles. The Bertz CT molecular complexity index is 604. The van der Waals surface area contributed by atoms with Crippen LogP contribution in [0, 0.1) is 0 Å². The largest absolute Gasteiger partial charge is 0.447 e. The molecule has 0 aliphatic heterocycles. The second-order valence-electron chi connectivity index (χ2n) is 3.67. The van der Waals surface area contributed by atoms with Crippen LogP contribution in [0.1, 0.15) is 11.5 Å². The van der Waals surface area contributed by atoms with E-state index >= 15 is 0 Å². The van der Waals surface area contributed by atoms with Crippen LogP contribution in [0.5, 0.6) is 0 Å². The Labute approximate surface area is 109 Å². The standard InChI is InChI=1S/C10H13N3O3S2/c1-13(5-8-6-17-7-12-8)18(14,15)10-3-2-9(4-11)16-10/h2-3,6-7H,4-5,11H2,1H3. The monoisotopic (exact) mass is 287 g/mol. The van der Waals surface area contributed by atoms with Crippen molar-refractivity contribution >= 4 is 21.4 Å². The highest BCUT2D eigenvalue weighted by molar-refractivity contribution is 7.88. The van der Waals surface area contributed by atoms with E-state index in [0.29, 0.717) is 11.5 Å². The van der Waals surface area contributed by atoms with Gasteiger partial charge in [0.25, 0.3) is 10.0 Å². The maximum atomic E-state index is 12.2. The van der Waals surface area contributed by atoms with Crippen molar-refractivity contribution in [3.8, 4) is 0 Å². The molecule has 18 heavy (non-hydrogen) atoms. The van der Waals surface area contributed by atoms with Crippen LogP contribution >= 0.6 is 11.3 Å². The van der Waals surface area contributed by atoms with E-state index in [2.05, 4.69) is 4.98 Å². The van der Waals surface area contributed by atoms with Crippen molar-refractivity contribution in [3.05, 3.63) is 34.5 Å². The molecule has 2 aromatic heterocycles. The van der Waals surface area contributed by atoms with E-state index < -0.39 is 10.0 Å². The summed E-state index contributed by atoms with van der Waals surface area (Å²) in [4.78, 5) is 4.05. The number of aromatic nitrogens is 1. The topological polar surface area (TPSA) is 89.4 Å². The molecule has 0 spiro atoms. The molecule has 6 nitrogen and oxygen atoms in total. The summed E-state index contributed by atoms with van der Waals surface area (Å²) in [5, 5.41) is 1.71. The van der Waals surface area contributed by atoms with Gasteiger partial charge in [-0.2, -0.15) is 4.31 Å². The first-order valence-corrected chi connectivity index (χ1v) is 7.54. The third kappa shape index (κ3) is 2.61. The van der Waals surface area contributed by atoms with Crippen LogP contribution in [0.15, 0.2) is 32.5 Å². The first-order chi connectivity index (χ1) is 8.54. The Hall–Kier alpha value is -1.22. The second kappa shape index (κ2) is 5.19. The summed E-state index contributed by atoms with van der Waals surface area (Å²) in [5.41, 5.74) is 7.75. The highest BCUT2D eigenvalue weighted by Crippen LogP contribution is 2.19. The fourth-order valence-electron chi connectivity index (χ4n) is 1.39. The van der Waals surface area contributed by atoms with E-state index in [0.717, 1.165) is 0 Å². The number of rotatable bonds is 5. The smallest absolute Gasteiger partial charge is 0.276 e. The molecule has 0 atom stereocenters. The molecule has 98 valence electrons. The highest BCUT2D eigenvalue weighted by Gasteiger charge is 2.24. The zero-order chi connectivity index (χ0) is 13.2. The highest BCUT2D eigenvalue weighted by atomic mass is 32.2. The zero-order valence-corrected chi connectivity index (χ0v) is 11.4. The minimum atomic E-state index is -3.63. The quantitative estimate of drug-likeness (QED) is 0.886. The molecule has 0 amide bonds. The van der Waals surface area contributed by atoms with E-state index in [4.69, 9.17) is 10.2 Å². The fraction of sp³-hybridized carbons (Fsp3) is 0.300. The summed E-state index contributed by atoms with van der Waals surface area (Å²) < 4.78 is 30.7. The Morgan fingerprint density at radius 2 is 2.28 bits per heavy atom. The summed E-state index contributed by atoms with van der Waals surface area (Å²) in [6, 6.07) is 2.97. The summed E-state index contributed by atoms with van der Waals surface area (Å²) in [6.45, 7) is 0.385. The van der Waals surface area contributed by atoms with Crippen molar-refractivity contribution in [1.29, 1.82) is 0 Å². The van der Waals surface area contributed by atoms with E-state index in [1.165, 1.54) is 28.8 Å². The summed E-state index contributed by atoms with van der Waals surface area (Å²) in [6.07, 6.45) is 0. The molecule has 2 heterocycles. The van der Waals surface area contributed by atoms with E-state index in [1.54, 1.807) is 17.0 Å². The van der Waals surface area contributed by atoms with Crippen LogP contribution in [0.4, 0.5) is 0 Å². The number of nitrogens with zero attached hydrogens (tertiary/aromatic N) is 2. The van der Waals surface area contributed by atoms with Gasteiger partial charge in [-0.15, -0.1) is 11.3 Å². The van der Waals surface area contributed by atoms with Crippen molar-refractivity contribution in [3.63, 3.8) is 0 Å². The summed E-state index contributed by atoms with van der Waals surface area (Å²) in [7, 11) is -2.14. The van der Waals surface area contributed by atoms with Crippen molar-refractivity contribution in [2.45, 2.75) is 18.2 Å². The third-order valence-electron chi connectivity index (χ3n) is 2.37. The number of hydrogen-bond donors (Lipinski definition) is 1. The summed E-state index contributed by atoms with van der Waals surface area (Å²) in [5.74, 6) is 0.440. The number of thiazole rings is 1. The van der Waals surface area contributed by atoms with Crippen molar-refractivity contribution in [2.24, 2.45) is 5.73 Å². The molecule has 0 aliphatic rings. The van der Waals surface area contributed by atoms with Gasteiger partial charge in [0.15, 0.2) is 0 Å². The minimum absolute atomic E-state index is 0.0966. The Morgan fingerprint density at radius 3 is 2.83 bits per heavy atom. The zero-order valence-electron chi connectivity index (χ0n) is 9.74. The van der Waals surface area contributed by atoms with Gasteiger partial charge in [-0.3, -0.25) is 0 Å². The minimum Gasteiger partial charge on any atom is -0.447 e. The molecular formula is C10H13N3O3S2. The molecule has 0 radical (unpaired) electrons. The predicted octanol–water partition coefficient (Wildman–Crippen LogP) is 1.02. The average molecular weight is 287 g/mol. The van der Waals surface area contributed by atoms with Crippen LogP contribution < -0.4 is 5.73 Å². The fourth-order valence-corrected chi connectivity index (χ4v) is 3.00. The van der Waals surface area contributed by atoms with Gasteiger partial charge >= 0.3 is 0 Å². The molecule has 2 aromatic rings. The van der Waals surface area contributed by atoms with Crippen LogP contribution in [-0.4, -0.2) is 24.8 Å². The summed E-state index contributed by atoms with van der Waals surface area (Å²) >= 11 is 1.42. The lowest BCUT2D eigenvalue weighted by molar-refractivity contribution is 0.386. The molecule has 2 rings (SSSR count). The van der Waals surface area contributed by atoms with Gasteiger partial charge in [0.05, 0.1) is 24.3 Å². The van der Waals surface area contributed by atoms with Crippen molar-refractivity contribution < 1.29 is 12.8 Å². The molecule has 0 bridgehead atoms. The molecular weight excluding hydrogens is 274 g/mol. The number of furan rings is 1. The van der Waals surface area contributed by atoms with Crippen LogP contribution in [-0.2, 0) is 23.1 Å². The van der Waals surface area contributed by atoms with Crippen molar-refractivity contribution in [1.82, 2.24) is 9.29 Å². The maximum Gasteiger partial charge on any atom is 0.276 e. The second-order valence-corrected chi connectivity index (χ2v) is 6.36. The van der Waals surface area contributed by atoms with Crippen LogP contribution in [0.3, 0.4) is 0 Å². The number of sulfonamides is 1. The van der Waals surface area contributed by atoms with Crippen LogP contribution in [0.2, 0.25) is 0 Å². The van der Waals surface area contributed by atoms with Crippen LogP contribution in [0.25, 0.3) is 0 Å². The molecule has 0 aromatic carbocycles. The van der Waals surface area contributed by atoms with E-state index in [1.807, 2.05) is 0 Å². The molecule has 0 saturated heterocycles. The predicted molar refractivity (Wildman–Crippen MR) is 67.4 cm³/mol. The van der Waals surface area contributed by atoms with Gasteiger partial charge in [-0.05, 0) is 12.1 Å². The lowest BCUT2D eigenvalue weighted by atomic mass is 10.5. The van der Waals surface area contributed by atoms with Gasteiger partial charge < -0.3 is 10.2 Å².